The van der Waals surface area contributed by atoms with Crippen LogP contribution < -0.4 is 5.32 Å². The highest BCUT2D eigenvalue weighted by atomic mass is 32.1. The number of hydrogen-bond acceptors (Lipinski definition) is 3. The molecule has 0 aromatic carbocycles. The molecule has 1 unspecified atom stereocenters. The van der Waals surface area contributed by atoms with Crippen molar-refractivity contribution in [2.75, 3.05) is 13.2 Å². The summed E-state index contributed by atoms with van der Waals surface area (Å²) in [6.07, 6.45) is 1.45. The number of rotatable bonds is 7. The molecular weight excluding hydrogens is 218 g/mol. The van der Waals surface area contributed by atoms with Gasteiger partial charge in [-0.3, -0.25) is 0 Å². The molecule has 2 nitrogen and oxygen atoms in total. The summed E-state index contributed by atoms with van der Waals surface area (Å²) >= 11 is 1.80. The van der Waals surface area contributed by atoms with Crippen molar-refractivity contribution in [2.24, 2.45) is 0 Å². The third kappa shape index (κ3) is 4.64. The molecule has 92 valence electrons. The van der Waals surface area contributed by atoms with E-state index in [0.717, 1.165) is 19.6 Å². The van der Waals surface area contributed by atoms with Crippen LogP contribution in [-0.4, -0.2) is 19.3 Å². The molecule has 1 rings (SSSR count). The molecular formula is C13H23NOS. The van der Waals surface area contributed by atoms with E-state index in [9.17, 15) is 0 Å². The third-order valence-electron chi connectivity index (χ3n) is 2.39. The van der Waals surface area contributed by atoms with Gasteiger partial charge in [0.2, 0.25) is 0 Å². The van der Waals surface area contributed by atoms with E-state index in [2.05, 4.69) is 44.5 Å². The average molecular weight is 241 g/mol. The van der Waals surface area contributed by atoms with E-state index < -0.39 is 0 Å². The highest BCUT2D eigenvalue weighted by Gasteiger charge is 2.12. The highest BCUT2D eigenvalue weighted by molar-refractivity contribution is 7.10. The molecule has 0 amide bonds. The van der Waals surface area contributed by atoms with E-state index >= 15 is 0 Å². The molecule has 0 spiro atoms. The topological polar surface area (TPSA) is 21.3 Å². The van der Waals surface area contributed by atoms with Crippen molar-refractivity contribution in [3.63, 3.8) is 0 Å². The van der Waals surface area contributed by atoms with Gasteiger partial charge in [-0.15, -0.1) is 11.3 Å². The van der Waals surface area contributed by atoms with E-state index in [0.29, 0.717) is 12.1 Å². The Kier molecular flexibility index (Phi) is 6.03. The molecule has 1 N–H and O–H groups in total. The van der Waals surface area contributed by atoms with E-state index in [1.807, 2.05) is 0 Å². The molecule has 0 saturated carbocycles. The van der Waals surface area contributed by atoms with Crippen molar-refractivity contribution in [3.05, 3.63) is 21.9 Å². The third-order valence-corrected chi connectivity index (χ3v) is 3.27. The summed E-state index contributed by atoms with van der Waals surface area (Å²) < 4.78 is 5.71. The summed E-state index contributed by atoms with van der Waals surface area (Å²) in [5.74, 6) is 0. The van der Waals surface area contributed by atoms with Crippen LogP contribution in [0, 0.1) is 6.92 Å². The van der Waals surface area contributed by atoms with Crippen LogP contribution in [0.15, 0.2) is 11.4 Å². The summed E-state index contributed by atoms with van der Waals surface area (Å²) in [7, 11) is 0. The molecule has 0 saturated heterocycles. The van der Waals surface area contributed by atoms with Crippen molar-refractivity contribution in [2.45, 2.75) is 46.3 Å². The van der Waals surface area contributed by atoms with Crippen molar-refractivity contribution in [3.8, 4) is 0 Å². The molecule has 1 heterocycles. The van der Waals surface area contributed by atoms with Crippen LogP contribution in [0.2, 0.25) is 0 Å². The smallest absolute Gasteiger partial charge is 0.0665 e. The van der Waals surface area contributed by atoms with Crippen LogP contribution in [0.3, 0.4) is 0 Å². The number of thiophene rings is 1. The predicted molar refractivity (Wildman–Crippen MR) is 71.2 cm³/mol. The van der Waals surface area contributed by atoms with Gasteiger partial charge in [-0.1, -0.05) is 6.92 Å². The molecule has 1 aromatic heterocycles. The van der Waals surface area contributed by atoms with Gasteiger partial charge in [0.25, 0.3) is 0 Å². The highest BCUT2D eigenvalue weighted by Crippen LogP contribution is 2.21. The lowest BCUT2D eigenvalue weighted by Gasteiger charge is -2.19. The normalized spacial score (nSPS) is 13.3. The minimum Gasteiger partial charge on any atom is -0.377 e. The lowest BCUT2D eigenvalue weighted by molar-refractivity contribution is 0.0612. The van der Waals surface area contributed by atoms with Crippen molar-refractivity contribution in [1.29, 1.82) is 0 Å². The van der Waals surface area contributed by atoms with Crippen LogP contribution in [0.4, 0.5) is 0 Å². The van der Waals surface area contributed by atoms with Crippen LogP contribution in [-0.2, 0) is 4.74 Å². The summed E-state index contributed by atoms with van der Waals surface area (Å²) in [6.45, 7) is 10.3. The first-order valence-electron chi connectivity index (χ1n) is 6.03. The van der Waals surface area contributed by atoms with Crippen LogP contribution >= 0.6 is 11.3 Å². The Morgan fingerprint density at radius 3 is 2.69 bits per heavy atom. The fraction of sp³-hybridized carbons (Fsp3) is 0.692. The van der Waals surface area contributed by atoms with Gasteiger partial charge in [-0.05, 0) is 50.7 Å². The molecule has 16 heavy (non-hydrogen) atoms. The summed E-state index contributed by atoms with van der Waals surface area (Å²) in [4.78, 5) is 1.36. The Hall–Kier alpha value is -0.380. The Morgan fingerprint density at radius 1 is 1.44 bits per heavy atom. The first-order valence-corrected chi connectivity index (χ1v) is 6.91. The minimum absolute atomic E-state index is 0.297. The second kappa shape index (κ2) is 7.05. The molecule has 0 aliphatic heterocycles. The monoisotopic (exact) mass is 241 g/mol. The summed E-state index contributed by atoms with van der Waals surface area (Å²) in [6, 6.07) is 2.59. The molecule has 3 heteroatoms. The van der Waals surface area contributed by atoms with Gasteiger partial charge in [0, 0.05) is 4.88 Å². The van der Waals surface area contributed by atoms with Crippen molar-refractivity contribution >= 4 is 11.3 Å². The van der Waals surface area contributed by atoms with Crippen LogP contribution in [0.5, 0.6) is 0 Å². The van der Waals surface area contributed by atoms with Gasteiger partial charge in [0.15, 0.2) is 0 Å². The average Bonchev–Trinajstić information content (AvgIpc) is 2.64. The fourth-order valence-corrected chi connectivity index (χ4v) is 2.29. The Labute approximate surface area is 103 Å². The maximum atomic E-state index is 5.71. The zero-order valence-electron chi connectivity index (χ0n) is 10.7. The summed E-state index contributed by atoms with van der Waals surface area (Å²) in [5, 5.41) is 5.76. The molecule has 0 fully saturated rings. The zero-order chi connectivity index (χ0) is 12.0. The van der Waals surface area contributed by atoms with E-state index in [4.69, 9.17) is 4.74 Å². The molecule has 1 aromatic rings. The largest absolute Gasteiger partial charge is 0.377 e. The number of hydrogen-bond donors (Lipinski definition) is 1. The van der Waals surface area contributed by atoms with Gasteiger partial charge in [-0.2, -0.15) is 0 Å². The zero-order valence-corrected chi connectivity index (χ0v) is 11.6. The number of ether oxygens (including phenoxy) is 1. The van der Waals surface area contributed by atoms with Crippen molar-refractivity contribution in [1.82, 2.24) is 5.32 Å². The van der Waals surface area contributed by atoms with Gasteiger partial charge >= 0.3 is 0 Å². The van der Waals surface area contributed by atoms with Gasteiger partial charge < -0.3 is 10.1 Å². The SMILES string of the molecule is CCCNC(COC(C)C)c1csc(C)c1. The van der Waals surface area contributed by atoms with Crippen LogP contribution in [0.1, 0.15) is 43.7 Å². The molecule has 0 radical (unpaired) electrons. The molecule has 1 atom stereocenters. The fourth-order valence-electron chi connectivity index (χ4n) is 1.53. The first kappa shape index (κ1) is 13.7. The Bertz CT molecular complexity index is 296. The standard InChI is InChI=1S/C13H23NOS/c1-5-6-14-13(8-15-10(2)3)12-7-11(4)16-9-12/h7,9-10,13-14H,5-6,8H2,1-4H3. The lowest BCUT2D eigenvalue weighted by atomic mass is 10.1. The van der Waals surface area contributed by atoms with E-state index in [-0.39, 0.29) is 0 Å². The molecule has 0 aliphatic carbocycles. The predicted octanol–water partition coefficient (Wildman–Crippen LogP) is 3.52. The maximum absolute atomic E-state index is 5.71. The second-order valence-corrected chi connectivity index (χ2v) is 5.49. The second-order valence-electron chi connectivity index (χ2n) is 4.38. The van der Waals surface area contributed by atoms with Gasteiger partial charge in [-0.25, -0.2) is 0 Å². The number of aryl methyl sites for hydroxylation is 1. The Balaban J connectivity index is 2.55. The van der Waals surface area contributed by atoms with Crippen molar-refractivity contribution < 1.29 is 4.74 Å². The van der Waals surface area contributed by atoms with E-state index in [1.54, 1.807) is 11.3 Å². The maximum Gasteiger partial charge on any atom is 0.0665 e. The van der Waals surface area contributed by atoms with Gasteiger partial charge in [0.1, 0.15) is 0 Å². The van der Waals surface area contributed by atoms with E-state index in [1.165, 1.54) is 10.4 Å². The molecule has 0 bridgehead atoms. The first-order chi connectivity index (χ1) is 7.63. The van der Waals surface area contributed by atoms with Crippen LogP contribution in [0.25, 0.3) is 0 Å². The quantitative estimate of drug-likeness (QED) is 0.788. The Morgan fingerprint density at radius 2 is 2.19 bits per heavy atom. The number of nitrogens with one attached hydrogen (secondary N) is 1. The summed E-state index contributed by atoms with van der Waals surface area (Å²) in [5.41, 5.74) is 1.36. The molecule has 0 aliphatic rings. The van der Waals surface area contributed by atoms with Gasteiger partial charge in [0.05, 0.1) is 18.8 Å². The lowest BCUT2D eigenvalue weighted by Crippen LogP contribution is -2.27. The minimum atomic E-state index is 0.297.